The molecule has 2 rings (SSSR count). The molecule has 0 N–H and O–H groups in total. The molecule has 0 saturated carbocycles. The van der Waals surface area contributed by atoms with Gasteiger partial charge >= 0.3 is 5.97 Å². The van der Waals surface area contributed by atoms with E-state index in [1.807, 2.05) is 24.3 Å². The lowest BCUT2D eigenvalue weighted by atomic mass is 10.2. The van der Waals surface area contributed by atoms with Gasteiger partial charge in [0.25, 0.3) is 0 Å². The topological polar surface area (TPSA) is 39.2 Å². The van der Waals surface area contributed by atoms with Crippen molar-refractivity contribution in [3.05, 3.63) is 38.8 Å². The fourth-order valence-corrected chi connectivity index (χ4v) is 3.31. The van der Waals surface area contributed by atoms with Crippen LogP contribution in [-0.2, 0) is 16.0 Å². The van der Waals surface area contributed by atoms with Crippen LogP contribution in [0.1, 0.15) is 25.5 Å². The zero-order valence-corrected chi connectivity index (χ0v) is 14.7. The van der Waals surface area contributed by atoms with E-state index in [4.69, 9.17) is 16.3 Å². The number of carbonyl (C=O) groups is 1. The fraction of sp³-hybridized carbons (Fsp3) is 0.333. The number of benzene rings is 1. The van der Waals surface area contributed by atoms with E-state index in [1.165, 1.54) is 11.3 Å². The first-order valence-electron chi connectivity index (χ1n) is 6.67. The Morgan fingerprint density at radius 2 is 2.10 bits per heavy atom. The predicted molar refractivity (Wildman–Crippen MR) is 89.8 cm³/mol. The van der Waals surface area contributed by atoms with Crippen molar-refractivity contribution in [1.82, 2.24) is 4.98 Å². The van der Waals surface area contributed by atoms with Gasteiger partial charge in [0, 0.05) is 10.6 Å². The Kier molecular flexibility index (Phi) is 6.21. The van der Waals surface area contributed by atoms with Crippen molar-refractivity contribution in [2.24, 2.45) is 0 Å². The summed E-state index contributed by atoms with van der Waals surface area (Å²) in [5.41, 5.74) is 1.70. The molecule has 0 aliphatic heterocycles. The summed E-state index contributed by atoms with van der Waals surface area (Å²) in [5.74, 6) is -0.239. The third kappa shape index (κ3) is 4.80. The first kappa shape index (κ1) is 16.5. The van der Waals surface area contributed by atoms with Gasteiger partial charge in [0.2, 0.25) is 0 Å². The standard InChI is InChI=1S/C15H15BrClNO2S/c1-2-3-8-20-13(19)9-12-14(16)21-15(18-12)10-4-6-11(17)7-5-10/h4-7H,2-3,8-9H2,1H3. The summed E-state index contributed by atoms with van der Waals surface area (Å²) in [6, 6.07) is 7.48. The Morgan fingerprint density at radius 3 is 2.76 bits per heavy atom. The van der Waals surface area contributed by atoms with E-state index in [2.05, 4.69) is 27.8 Å². The monoisotopic (exact) mass is 387 g/mol. The van der Waals surface area contributed by atoms with Crippen molar-refractivity contribution in [3.63, 3.8) is 0 Å². The Labute approximate surface area is 141 Å². The molecule has 0 aliphatic rings. The van der Waals surface area contributed by atoms with Crippen LogP contribution in [0.5, 0.6) is 0 Å². The van der Waals surface area contributed by atoms with E-state index in [0.29, 0.717) is 17.3 Å². The summed E-state index contributed by atoms with van der Waals surface area (Å²) in [4.78, 5) is 16.2. The molecule has 21 heavy (non-hydrogen) atoms. The summed E-state index contributed by atoms with van der Waals surface area (Å²) in [6.07, 6.45) is 2.09. The molecule has 0 radical (unpaired) electrons. The van der Waals surface area contributed by atoms with Gasteiger partial charge in [-0.25, -0.2) is 4.98 Å². The van der Waals surface area contributed by atoms with Crippen molar-refractivity contribution < 1.29 is 9.53 Å². The molecule has 0 spiro atoms. The summed E-state index contributed by atoms with van der Waals surface area (Å²) in [6.45, 7) is 2.53. The van der Waals surface area contributed by atoms with Crippen LogP contribution in [0.3, 0.4) is 0 Å². The third-order valence-electron chi connectivity index (χ3n) is 2.81. The molecule has 0 bridgehead atoms. The second-order valence-corrected chi connectivity index (χ2v) is 7.25. The average molecular weight is 389 g/mol. The molecule has 0 atom stereocenters. The van der Waals surface area contributed by atoms with Crippen molar-refractivity contribution in [2.75, 3.05) is 6.61 Å². The van der Waals surface area contributed by atoms with Gasteiger partial charge in [-0.3, -0.25) is 4.79 Å². The van der Waals surface area contributed by atoms with Gasteiger partial charge in [-0.05, 0) is 34.5 Å². The van der Waals surface area contributed by atoms with Crippen LogP contribution in [0, 0.1) is 0 Å². The molecule has 1 aromatic carbocycles. The highest BCUT2D eigenvalue weighted by molar-refractivity contribution is 9.11. The molecule has 0 aliphatic carbocycles. The third-order valence-corrected chi connectivity index (χ3v) is 4.94. The van der Waals surface area contributed by atoms with E-state index in [1.54, 1.807) is 0 Å². The summed E-state index contributed by atoms with van der Waals surface area (Å²) >= 11 is 10.8. The number of nitrogens with zero attached hydrogens (tertiary/aromatic N) is 1. The summed E-state index contributed by atoms with van der Waals surface area (Å²) in [7, 11) is 0. The maximum absolute atomic E-state index is 11.7. The van der Waals surface area contributed by atoms with E-state index in [-0.39, 0.29) is 12.4 Å². The van der Waals surface area contributed by atoms with E-state index in [9.17, 15) is 4.79 Å². The fourth-order valence-electron chi connectivity index (χ4n) is 1.68. The van der Waals surface area contributed by atoms with E-state index >= 15 is 0 Å². The largest absolute Gasteiger partial charge is 0.465 e. The Hall–Kier alpha value is -0.910. The van der Waals surface area contributed by atoms with Gasteiger partial charge in [0.05, 0.1) is 22.5 Å². The Morgan fingerprint density at radius 1 is 1.38 bits per heavy atom. The van der Waals surface area contributed by atoms with Crippen molar-refractivity contribution in [2.45, 2.75) is 26.2 Å². The van der Waals surface area contributed by atoms with Crippen LogP contribution in [0.2, 0.25) is 5.02 Å². The average Bonchev–Trinajstić information content (AvgIpc) is 2.81. The van der Waals surface area contributed by atoms with E-state index in [0.717, 1.165) is 27.2 Å². The lowest BCUT2D eigenvalue weighted by molar-refractivity contribution is -0.143. The maximum Gasteiger partial charge on any atom is 0.311 e. The van der Waals surface area contributed by atoms with Crippen LogP contribution >= 0.6 is 38.9 Å². The van der Waals surface area contributed by atoms with Crippen molar-refractivity contribution >= 4 is 44.8 Å². The molecule has 112 valence electrons. The SMILES string of the molecule is CCCCOC(=O)Cc1nc(-c2ccc(Cl)cc2)sc1Br. The number of hydrogen-bond donors (Lipinski definition) is 0. The van der Waals surface area contributed by atoms with Gasteiger partial charge in [0.15, 0.2) is 0 Å². The van der Waals surface area contributed by atoms with Gasteiger partial charge in [-0.1, -0.05) is 37.1 Å². The molecule has 0 unspecified atom stereocenters. The second-order valence-electron chi connectivity index (χ2n) is 4.50. The quantitative estimate of drug-likeness (QED) is 0.510. The number of unbranched alkanes of at least 4 members (excludes halogenated alkanes) is 1. The highest BCUT2D eigenvalue weighted by Crippen LogP contribution is 2.32. The minimum atomic E-state index is -0.239. The zero-order chi connectivity index (χ0) is 15.2. The summed E-state index contributed by atoms with van der Waals surface area (Å²) in [5, 5.41) is 1.55. The van der Waals surface area contributed by atoms with Gasteiger partial charge in [0.1, 0.15) is 5.01 Å². The van der Waals surface area contributed by atoms with Crippen LogP contribution in [-0.4, -0.2) is 17.6 Å². The minimum absolute atomic E-state index is 0.189. The van der Waals surface area contributed by atoms with Crippen LogP contribution < -0.4 is 0 Å². The van der Waals surface area contributed by atoms with Crippen LogP contribution in [0.15, 0.2) is 28.1 Å². The van der Waals surface area contributed by atoms with Gasteiger partial charge < -0.3 is 4.74 Å². The molecule has 3 nitrogen and oxygen atoms in total. The number of aromatic nitrogens is 1. The number of halogens is 2. The highest BCUT2D eigenvalue weighted by Gasteiger charge is 2.14. The lowest BCUT2D eigenvalue weighted by Crippen LogP contribution is -2.09. The van der Waals surface area contributed by atoms with Crippen molar-refractivity contribution in [1.29, 1.82) is 0 Å². The molecule has 2 aromatic rings. The molecular weight excluding hydrogens is 374 g/mol. The number of hydrogen-bond acceptors (Lipinski definition) is 4. The Bertz CT molecular complexity index is 613. The second kappa shape index (κ2) is 7.92. The molecular formula is C15H15BrClNO2S. The Balaban J connectivity index is 2.05. The number of thiazole rings is 1. The number of carbonyl (C=O) groups excluding carboxylic acids is 1. The first-order chi connectivity index (χ1) is 10.1. The number of rotatable bonds is 6. The van der Waals surface area contributed by atoms with Gasteiger partial charge in [-0.2, -0.15) is 0 Å². The first-order valence-corrected chi connectivity index (χ1v) is 8.65. The van der Waals surface area contributed by atoms with Crippen molar-refractivity contribution in [3.8, 4) is 10.6 Å². The zero-order valence-electron chi connectivity index (χ0n) is 11.6. The normalized spacial score (nSPS) is 10.6. The smallest absolute Gasteiger partial charge is 0.311 e. The molecule has 0 saturated heterocycles. The van der Waals surface area contributed by atoms with E-state index < -0.39 is 0 Å². The van der Waals surface area contributed by atoms with Crippen LogP contribution in [0.25, 0.3) is 10.6 Å². The minimum Gasteiger partial charge on any atom is -0.465 e. The molecule has 0 amide bonds. The van der Waals surface area contributed by atoms with Gasteiger partial charge in [-0.15, -0.1) is 11.3 Å². The maximum atomic E-state index is 11.7. The number of esters is 1. The summed E-state index contributed by atoms with van der Waals surface area (Å²) < 4.78 is 6.02. The molecule has 0 fully saturated rings. The number of ether oxygens (including phenoxy) is 1. The van der Waals surface area contributed by atoms with Crippen LogP contribution in [0.4, 0.5) is 0 Å². The highest BCUT2D eigenvalue weighted by atomic mass is 79.9. The predicted octanol–water partition coefficient (Wildman–Crippen LogP) is 5.11. The molecule has 1 heterocycles. The molecule has 1 aromatic heterocycles. The molecule has 6 heteroatoms. The lowest BCUT2D eigenvalue weighted by Gasteiger charge is -2.02.